The number of benzene rings is 1. The molecule has 1 aromatic carbocycles. The summed E-state index contributed by atoms with van der Waals surface area (Å²) >= 11 is 7.94. The van der Waals surface area contributed by atoms with Crippen LogP contribution >= 0.6 is 23.4 Å². The number of hydrogen-bond donors (Lipinski definition) is 1. The molecular weight excluding hydrogens is 274 g/mol. The Morgan fingerprint density at radius 3 is 2.74 bits per heavy atom. The lowest BCUT2D eigenvalue weighted by Gasteiger charge is -2.32. The lowest BCUT2D eigenvalue weighted by molar-refractivity contribution is 0.263. The Labute approximate surface area is 126 Å². The lowest BCUT2D eigenvalue weighted by Crippen LogP contribution is -2.43. The molecule has 3 heteroatoms. The van der Waals surface area contributed by atoms with Crippen LogP contribution in [0.3, 0.4) is 0 Å². The summed E-state index contributed by atoms with van der Waals surface area (Å²) in [5.74, 6) is 0.729. The zero-order valence-electron chi connectivity index (χ0n) is 12.1. The summed E-state index contributed by atoms with van der Waals surface area (Å²) in [7, 11) is 0. The largest absolute Gasteiger partial charge is 0.312 e. The molecule has 0 aromatic heterocycles. The molecule has 2 rings (SSSR count). The Bertz CT molecular complexity index is 388. The van der Waals surface area contributed by atoms with Crippen LogP contribution in [0.4, 0.5) is 0 Å². The predicted octanol–water partition coefficient (Wildman–Crippen LogP) is 4.34. The summed E-state index contributed by atoms with van der Waals surface area (Å²) in [6.07, 6.45) is 2.22. The van der Waals surface area contributed by atoms with Crippen LogP contribution in [0.1, 0.15) is 32.8 Å². The number of fused-ring (bicyclic) bond motifs is 1. The van der Waals surface area contributed by atoms with Crippen molar-refractivity contribution in [2.75, 3.05) is 12.4 Å². The summed E-state index contributed by atoms with van der Waals surface area (Å²) in [4.78, 5) is 1.46. The number of rotatable bonds is 5. The van der Waals surface area contributed by atoms with Gasteiger partial charge in [0.2, 0.25) is 0 Å². The second kappa shape index (κ2) is 6.51. The van der Waals surface area contributed by atoms with Crippen molar-refractivity contribution in [2.45, 2.75) is 49.8 Å². The first kappa shape index (κ1) is 15.2. The van der Waals surface area contributed by atoms with E-state index in [1.165, 1.54) is 16.9 Å². The maximum Gasteiger partial charge on any atom is 0.0260 e. The minimum atomic E-state index is 0.269. The van der Waals surface area contributed by atoms with Gasteiger partial charge in [0, 0.05) is 28.6 Å². The van der Waals surface area contributed by atoms with E-state index in [2.05, 4.69) is 50.4 Å². The minimum Gasteiger partial charge on any atom is -0.312 e. The van der Waals surface area contributed by atoms with E-state index in [9.17, 15) is 0 Å². The first-order valence-corrected chi connectivity index (χ1v) is 8.46. The van der Waals surface area contributed by atoms with Crippen molar-refractivity contribution in [3.05, 3.63) is 29.8 Å². The summed E-state index contributed by atoms with van der Waals surface area (Å²) < 4.78 is 0. The topological polar surface area (TPSA) is 12.0 Å². The molecule has 0 fully saturated rings. The first-order chi connectivity index (χ1) is 9.00. The van der Waals surface area contributed by atoms with Crippen molar-refractivity contribution >= 4 is 23.4 Å². The third-order valence-corrected chi connectivity index (χ3v) is 5.29. The number of halogens is 1. The van der Waals surface area contributed by atoms with Crippen LogP contribution < -0.4 is 5.32 Å². The standard InChI is InChI=1S/C16H24ClNS/c1-16(2,3)15(8-9-17)18-11-13-10-12-6-4-5-7-14(12)19-13/h4-7,13,15,18H,8-11H2,1-3H3. The average Bonchev–Trinajstić information content (AvgIpc) is 2.75. The molecule has 1 aromatic rings. The third kappa shape index (κ3) is 4.14. The highest BCUT2D eigenvalue weighted by atomic mass is 35.5. The Balaban J connectivity index is 1.87. The number of hydrogen-bond acceptors (Lipinski definition) is 2. The third-order valence-electron chi connectivity index (χ3n) is 3.75. The van der Waals surface area contributed by atoms with Gasteiger partial charge >= 0.3 is 0 Å². The Hall–Kier alpha value is -0.180. The summed E-state index contributed by atoms with van der Waals surface area (Å²) in [5, 5.41) is 4.40. The van der Waals surface area contributed by atoms with Crippen LogP contribution in [-0.2, 0) is 6.42 Å². The smallest absolute Gasteiger partial charge is 0.0260 e. The van der Waals surface area contributed by atoms with Gasteiger partial charge in [0.1, 0.15) is 0 Å². The molecule has 0 saturated carbocycles. The van der Waals surface area contributed by atoms with Crippen molar-refractivity contribution in [3.63, 3.8) is 0 Å². The molecule has 1 aliphatic heterocycles. The van der Waals surface area contributed by atoms with Crippen molar-refractivity contribution in [3.8, 4) is 0 Å². The summed E-state index contributed by atoms with van der Waals surface area (Å²) in [6.45, 7) is 7.92. The minimum absolute atomic E-state index is 0.269. The van der Waals surface area contributed by atoms with Crippen LogP contribution in [0.25, 0.3) is 0 Å². The van der Waals surface area contributed by atoms with Crippen molar-refractivity contribution in [2.24, 2.45) is 5.41 Å². The van der Waals surface area contributed by atoms with Gasteiger partial charge < -0.3 is 5.32 Å². The van der Waals surface area contributed by atoms with Crippen LogP contribution in [0.5, 0.6) is 0 Å². The second-order valence-corrected chi connectivity index (χ2v) is 8.08. The van der Waals surface area contributed by atoms with Crippen LogP contribution in [0.15, 0.2) is 29.2 Å². The van der Waals surface area contributed by atoms with E-state index in [0.29, 0.717) is 11.3 Å². The van der Waals surface area contributed by atoms with Gasteiger partial charge in [-0.1, -0.05) is 39.0 Å². The fourth-order valence-corrected chi connectivity index (χ4v) is 4.07. The van der Waals surface area contributed by atoms with E-state index in [4.69, 9.17) is 11.6 Å². The first-order valence-electron chi connectivity index (χ1n) is 7.04. The van der Waals surface area contributed by atoms with Gasteiger partial charge in [-0.05, 0) is 29.9 Å². The van der Waals surface area contributed by atoms with Gasteiger partial charge in [-0.25, -0.2) is 0 Å². The monoisotopic (exact) mass is 297 g/mol. The highest BCUT2D eigenvalue weighted by molar-refractivity contribution is 8.00. The van der Waals surface area contributed by atoms with E-state index in [-0.39, 0.29) is 5.41 Å². The maximum atomic E-state index is 5.93. The fourth-order valence-electron chi connectivity index (χ4n) is 2.59. The Morgan fingerprint density at radius 1 is 1.37 bits per heavy atom. The van der Waals surface area contributed by atoms with Crippen LogP contribution in [0, 0.1) is 5.41 Å². The number of alkyl halides is 1. The number of nitrogens with one attached hydrogen (secondary N) is 1. The molecule has 1 nitrogen and oxygen atoms in total. The molecule has 2 atom stereocenters. The van der Waals surface area contributed by atoms with E-state index < -0.39 is 0 Å². The molecule has 0 radical (unpaired) electrons. The van der Waals surface area contributed by atoms with Gasteiger partial charge in [-0.3, -0.25) is 0 Å². The van der Waals surface area contributed by atoms with E-state index in [1.54, 1.807) is 0 Å². The van der Waals surface area contributed by atoms with Gasteiger partial charge in [-0.15, -0.1) is 23.4 Å². The predicted molar refractivity (Wildman–Crippen MR) is 86.4 cm³/mol. The van der Waals surface area contributed by atoms with Crippen LogP contribution in [-0.4, -0.2) is 23.7 Å². The maximum absolute atomic E-state index is 5.93. The second-order valence-electron chi connectivity index (χ2n) is 6.36. The highest BCUT2D eigenvalue weighted by Gasteiger charge is 2.27. The highest BCUT2D eigenvalue weighted by Crippen LogP contribution is 2.36. The molecule has 1 heterocycles. The lowest BCUT2D eigenvalue weighted by atomic mass is 9.85. The van der Waals surface area contributed by atoms with Gasteiger partial charge in [0.05, 0.1) is 0 Å². The van der Waals surface area contributed by atoms with Gasteiger partial charge in [0.25, 0.3) is 0 Å². The fraction of sp³-hybridized carbons (Fsp3) is 0.625. The molecule has 19 heavy (non-hydrogen) atoms. The molecule has 0 bridgehead atoms. The van der Waals surface area contributed by atoms with Crippen molar-refractivity contribution < 1.29 is 0 Å². The Morgan fingerprint density at radius 2 is 2.11 bits per heavy atom. The van der Waals surface area contributed by atoms with Crippen molar-refractivity contribution in [1.29, 1.82) is 0 Å². The van der Waals surface area contributed by atoms with Crippen molar-refractivity contribution in [1.82, 2.24) is 5.32 Å². The normalized spacial score (nSPS) is 20.3. The molecule has 1 aliphatic rings. The number of thioether (sulfide) groups is 1. The zero-order chi connectivity index (χ0) is 13.9. The quantitative estimate of drug-likeness (QED) is 0.812. The molecule has 106 valence electrons. The average molecular weight is 298 g/mol. The van der Waals surface area contributed by atoms with E-state index >= 15 is 0 Å². The van der Waals surface area contributed by atoms with E-state index in [0.717, 1.165) is 18.8 Å². The SMILES string of the molecule is CC(C)(C)C(CCCl)NCC1Cc2ccccc2S1. The molecule has 1 N–H and O–H groups in total. The molecular formula is C16H24ClNS. The Kier molecular flexibility index (Phi) is 5.22. The summed E-state index contributed by atoms with van der Waals surface area (Å²) in [6, 6.07) is 9.25. The van der Waals surface area contributed by atoms with Gasteiger partial charge in [0.15, 0.2) is 0 Å². The molecule has 0 saturated heterocycles. The molecule has 0 spiro atoms. The van der Waals surface area contributed by atoms with Crippen LogP contribution in [0.2, 0.25) is 0 Å². The zero-order valence-corrected chi connectivity index (χ0v) is 13.7. The van der Waals surface area contributed by atoms with Gasteiger partial charge in [-0.2, -0.15) is 0 Å². The molecule has 0 aliphatic carbocycles. The molecule has 2 unspecified atom stereocenters. The van der Waals surface area contributed by atoms with E-state index in [1.807, 2.05) is 11.8 Å². The molecule has 0 amide bonds. The summed E-state index contributed by atoms with van der Waals surface area (Å²) in [5.41, 5.74) is 1.77.